The van der Waals surface area contributed by atoms with E-state index in [2.05, 4.69) is 36.4 Å². The number of hydrogen-bond acceptors (Lipinski definition) is 2. The summed E-state index contributed by atoms with van der Waals surface area (Å²) in [5.41, 5.74) is 4.23. The second-order valence-corrected chi connectivity index (χ2v) is 10.2. The highest BCUT2D eigenvalue weighted by atomic mass is 35.5. The predicted molar refractivity (Wildman–Crippen MR) is 106 cm³/mol. The molecule has 0 N–H and O–H groups in total. The highest BCUT2D eigenvalue weighted by Crippen LogP contribution is 2.64. The number of ether oxygens (including phenoxy) is 1. The Hall–Kier alpha value is -1.80. The fourth-order valence-electron chi connectivity index (χ4n) is 6.86. The van der Waals surface area contributed by atoms with E-state index < -0.39 is 0 Å². The van der Waals surface area contributed by atoms with Crippen LogP contribution >= 0.6 is 11.6 Å². The number of halogens is 1. The van der Waals surface area contributed by atoms with Crippen molar-refractivity contribution in [1.29, 1.82) is 0 Å². The molecule has 5 aliphatic rings. The molecule has 138 valence electrons. The van der Waals surface area contributed by atoms with Crippen LogP contribution in [0.5, 0.6) is 0 Å². The Morgan fingerprint density at radius 2 is 1.44 bits per heavy atom. The van der Waals surface area contributed by atoms with Crippen LogP contribution in [0.25, 0.3) is 11.1 Å². The van der Waals surface area contributed by atoms with Gasteiger partial charge in [-0.1, -0.05) is 48.5 Å². The molecule has 0 aromatic heterocycles. The fraction of sp³-hybridized carbons (Fsp3) is 0.458. The van der Waals surface area contributed by atoms with Crippen LogP contribution in [0.15, 0.2) is 48.5 Å². The van der Waals surface area contributed by atoms with Crippen molar-refractivity contribution in [3.05, 3.63) is 59.7 Å². The molecular formula is C24H23ClO2. The smallest absolute Gasteiger partial charge is 0.313 e. The number of rotatable bonds is 2. The topological polar surface area (TPSA) is 26.3 Å². The Kier molecular flexibility index (Phi) is 3.22. The van der Waals surface area contributed by atoms with Gasteiger partial charge in [-0.25, -0.2) is 0 Å². The molecule has 4 saturated carbocycles. The van der Waals surface area contributed by atoms with Crippen LogP contribution in [0.1, 0.15) is 55.8 Å². The lowest BCUT2D eigenvalue weighted by Gasteiger charge is -2.58. The van der Waals surface area contributed by atoms with Crippen LogP contribution < -0.4 is 0 Å². The molecule has 0 saturated heterocycles. The highest BCUT2D eigenvalue weighted by molar-refractivity contribution is 6.24. The zero-order chi connectivity index (χ0) is 18.2. The minimum atomic E-state index is -0.363. The molecule has 0 heterocycles. The zero-order valence-electron chi connectivity index (χ0n) is 15.3. The maximum absolute atomic E-state index is 13.5. The van der Waals surface area contributed by atoms with Gasteiger partial charge in [0.25, 0.3) is 0 Å². The van der Waals surface area contributed by atoms with E-state index >= 15 is 0 Å². The first-order chi connectivity index (χ1) is 13.1. The molecule has 2 aromatic carbocycles. The van der Waals surface area contributed by atoms with Crippen LogP contribution in [0.4, 0.5) is 0 Å². The molecule has 4 bridgehead atoms. The number of benzene rings is 2. The number of fused-ring (bicyclic) bond motifs is 3. The van der Waals surface area contributed by atoms with Crippen molar-refractivity contribution in [2.75, 3.05) is 0 Å². The van der Waals surface area contributed by atoms with Gasteiger partial charge in [0.15, 0.2) is 6.10 Å². The van der Waals surface area contributed by atoms with Gasteiger partial charge in [0.05, 0.1) is 5.41 Å². The summed E-state index contributed by atoms with van der Waals surface area (Å²) in [7, 11) is 0. The molecule has 4 atom stereocenters. The quantitative estimate of drug-likeness (QED) is 0.482. The van der Waals surface area contributed by atoms with Gasteiger partial charge in [-0.15, -0.1) is 11.6 Å². The SMILES string of the molecule is O=C(OC1c2ccccc2-c2ccccc21)C12C[C@@H]3C[C@@H](CC(Cl)(C3)C1)C2. The van der Waals surface area contributed by atoms with Gasteiger partial charge in [-0.2, -0.15) is 0 Å². The Morgan fingerprint density at radius 1 is 0.889 bits per heavy atom. The first kappa shape index (κ1) is 16.2. The van der Waals surface area contributed by atoms with Crippen molar-refractivity contribution in [2.45, 2.75) is 49.5 Å². The average Bonchev–Trinajstić information content (AvgIpc) is 2.94. The minimum absolute atomic E-state index is 0.0156. The third-order valence-corrected chi connectivity index (χ3v) is 7.87. The maximum atomic E-state index is 13.5. The molecule has 2 nitrogen and oxygen atoms in total. The van der Waals surface area contributed by atoms with E-state index in [9.17, 15) is 4.79 Å². The van der Waals surface area contributed by atoms with Gasteiger partial charge in [0, 0.05) is 16.0 Å². The second kappa shape index (κ2) is 5.38. The van der Waals surface area contributed by atoms with Gasteiger partial charge in [0.2, 0.25) is 0 Å². The van der Waals surface area contributed by atoms with Crippen molar-refractivity contribution in [2.24, 2.45) is 17.3 Å². The number of hydrogen-bond donors (Lipinski definition) is 0. The van der Waals surface area contributed by atoms with Gasteiger partial charge in [-0.3, -0.25) is 4.79 Å². The van der Waals surface area contributed by atoms with E-state index in [1.807, 2.05) is 12.1 Å². The first-order valence-corrected chi connectivity index (χ1v) is 10.5. The van der Waals surface area contributed by atoms with Crippen molar-refractivity contribution in [1.82, 2.24) is 0 Å². The number of esters is 1. The normalized spacial score (nSPS) is 35.7. The number of carbonyl (C=O) groups is 1. The molecule has 0 radical (unpaired) electrons. The van der Waals surface area contributed by atoms with E-state index in [1.165, 1.54) is 17.5 Å². The Bertz CT molecular complexity index is 889. The van der Waals surface area contributed by atoms with E-state index in [0.29, 0.717) is 11.8 Å². The van der Waals surface area contributed by atoms with E-state index in [-0.39, 0.29) is 22.4 Å². The van der Waals surface area contributed by atoms with Crippen molar-refractivity contribution in [3.63, 3.8) is 0 Å². The summed E-state index contributed by atoms with van der Waals surface area (Å²) in [6, 6.07) is 16.6. The lowest BCUT2D eigenvalue weighted by molar-refractivity contribution is -0.174. The summed E-state index contributed by atoms with van der Waals surface area (Å²) in [6.45, 7) is 0. The van der Waals surface area contributed by atoms with Crippen molar-refractivity contribution in [3.8, 4) is 11.1 Å². The number of alkyl halides is 1. The predicted octanol–water partition coefficient (Wildman–Crippen LogP) is 5.88. The summed E-state index contributed by atoms with van der Waals surface area (Å²) in [5.74, 6) is 1.18. The summed E-state index contributed by atoms with van der Waals surface area (Å²) in [4.78, 5) is 13.4. The van der Waals surface area contributed by atoms with E-state index in [1.54, 1.807) is 0 Å². The Labute approximate surface area is 164 Å². The zero-order valence-corrected chi connectivity index (χ0v) is 16.0. The lowest BCUT2D eigenvalue weighted by Crippen LogP contribution is -2.56. The molecule has 0 amide bonds. The van der Waals surface area contributed by atoms with Crippen LogP contribution in [0, 0.1) is 17.3 Å². The molecule has 0 aliphatic heterocycles. The molecule has 4 fully saturated rings. The largest absolute Gasteiger partial charge is 0.452 e. The van der Waals surface area contributed by atoms with Crippen molar-refractivity contribution >= 4 is 17.6 Å². The Morgan fingerprint density at radius 3 is 2.00 bits per heavy atom. The highest BCUT2D eigenvalue weighted by Gasteiger charge is 2.61. The first-order valence-electron chi connectivity index (χ1n) is 10.1. The average molecular weight is 379 g/mol. The summed E-state index contributed by atoms with van der Waals surface area (Å²) in [5, 5.41) is 0. The van der Waals surface area contributed by atoms with Crippen LogP contribution in [-0.2, 0) is 9.53 Å². The van der Waals surface area contributed by atoms with E-state index in [0.717, 1.165) is 43.2 Å². The summed E-state index contributed by atoms with van der Waals surface area (Å²) < 4.78 is 6.30. The summed E-state index contributed by atoms with van der Waals surface area (Å²) in [6.07, 6.45) is 5.84. The van der Waals surface area contributed by atoms with Gasteiger partial charge in [-0.05, 0) is 61.5 Å². The standard InChI is InChI=1S/C24H23ClO2/c25-24-12-15-9-16(13-24)11-23(10-15,14-24)22(26)27-21-19-7-3-1-5-17(19)18-6-2-4-8-20(18)21/h1-8,15-16,21H,9-14H2/t15-,16+,23?,24?. The van der Waals surface area contributed by atoms with Gasteiger partial charge < -0.3 is 4.74 Å². The van der Waals surface area contributed by atoms with Crippen LogP contribution in [0.2, 0.25) is 0 Å². The molecule has 2 aromatic rings. The van der Waals surface area contributed by atoms with Crippen LogP contribution in [-0.4, -0.2) is 10.8 Å². The van der Waals surface area contributed by atoms with Gasteiger partial charge in [0.1, 0.15) is 0 Å². The second-order valence-electron chi connectivity index (χ2n) is 9.35. The monoisotopic (exact) mass is 378 g/mol. The van der Waals surface area contributed by atoms with E-state index in [4.69, 9.17) is 16.3 Å². The molecular weight excluding hydrogens is 356 g/mol. The molecule has 2 unspecified atom stereocenters. The molecule has 5 aliphatic carbocycles. The van der Waals surface area contributed by atoms with Gasteiger partial charge >= 0.3 is 5.97 Å². The van der Waals surface area contributed by atoms with Crippen molar-refractivity contribution < 1.29 is 9.53 Å². The molecule has 27 heavy (non-hydrogen) atoms. The minimum Gasteiger partial charge on any atom is -0.452 e. The Balaban J connectivity index is 1.36. The lowest BCUT2D eigenvalue weighted by atomic mass is 9.49. The summed E-state index contributed by atoms with van der Waals surface area (Å²) >= 11 is 6.94. The molecule has 7 rings (SSSR count). The number of carbonyl (C=O) groups excluding carboxylic acids is 1. The third kappa shape index (κ3) is 2.29. The third-order valence-electron chi connectivity index (χ3n) is 7.42. The molecule has 0 spiro atoms. The van der Waals surface area contributed by atoms with Crippen LogP contribution in [0.3, 0.4) is 0 Å². The molecule has 3 heteroatoms. The maximum Gasteiger partial charge on any atom is 0.313 e. The fourth-order valence-corrected chi connectivity index (χ4v) is 7.55.